The molecule has 3 N–H and O–H groups in total. The number of rotatable bonds is 21. The van der Waals surface area contributed by atoms with E-state index >= 15 is 0 Å². The molecule has 1 heterocycles. The summed E-state index contributed by atoms with van der Waals surface area (Å²) >= 11 is 0. The molecule has 0 radical (unpaired) electrons. The van der Waals surface area contributed by atoms with Gasteiger partial charge in [-0.05, 0) is 151 Å². The predicted octanol–water partition coefficient (Wildman–Crippen LogP) is 10.1. The molecule has 1 aliphatic rings. The SMILES string of the molecule is CCN(CC)C(=O)COc1c2cc(C(=O)Nc3ccc(F)cc3)cc1COCc1cc(C(=O)Nc3ccc(F)cc3)cc(c1OCC(=O)N(CC)CC)COCc1cc(C(=O)Nc3ccc(F)cc3)cc(c1OCC(=O)N(CC)CC)COC2. The van der Waals surface area contributed by atoms with Crippen LogP contribution in [0.3, 0.4) is 0 Å². The Balaban J connectivity index is 1.44. The Morgan fingerprint density at radius 1 is 0.369 bits per heavy atom. The summed E-state index contributed by atoms with van der Waals surface area (Å²) in [7, 11) is 0. The first kappa shape index (κ1) is 62.8. The highest BCUT2D eigenvalue weighted by Gasteiger charge is 2.26. The number of likely N-dealkylation sites (N-methyl/N-ethyl adjacent to an activating group) is 3. The Kier molecular flexibility index (Phi) is 22.8. The van der Waals surface area contributed by atoms with Crippen LogP contribution in [-0.4, -0.2) is 109 Å². The molecule has 1 aliphatic heterocycles. The van der Waals surface area contributed by atoms with E-state index in [1.165, 1.54) is 109 Å². The molecule has 6 bridgehead atoms. The Hall–Kier alpha value is -8.79. The van der Waals surface area contributed by atoms with Gasteiger partial charge in [0.2, 0.25) is 0 Å². The van der Waals surface area contributed by atoms with Gasteiger partial charge in [-0.15, -0.1) is 0 Å². The molecular formula is C63H69F3N6O12. The maximum Gasteiger partial charge on any atom is 0.260 e. The van der Waals surface area contributed by atoms with E-state index in [-0.39, 0.29) is 142 Å². The fraction of sp³-hybridized carbons (Fsp3) is 0.333. The summed E-state index contributed by atoms with van der Waals surface area (Å²) in [4.78, 5) is 88.5. The molecule has 21 heteroatoms. The zero-order valence-corrected chi connectivity index (χ0v) is 47.9. The van der Waals surface area contributed by atoms with Gasteiger partial charge in [-0.1, -0.05) is 0 Å². The van der Waals surface area contributed by atoms with Crippen molar-refractivity contribution in [1.29, 1.82) is 0 Å². The third-order valence-electron chi connectivity index (χ3n) is 13.7. The molecule has 6 amide bonds. The van der Waals surface area contributed by atoms with Crippen LogP contribution in [0.1, 0.15) is 106 Å². The lowest BCUT2D eigenvalue weighted by molar-refractivity contribution is -0.133. The summed E-state index contributed by atoms with van der Waals surface area (Å²) < 4.78 is 80.8. The van der Waals surface area contributed by atoms with Gasteiger partial charge in [0, 0.05) is 106 Å². The van der Waals surface area contributed by atoms with Crippen molar-refractivity contribution in [1.82, 2.24) is 14.7 Å². The average Bonchev–Trinajstić information content (AvgIpc) is 3.54. The Labute approximate surface area is 486 Å². The van der Waals surface area contributed by atoms with Gasteiger partial charge in [0.25, 0.3) is 35.4 Å². The molecule has 0 aliphatic carbocycles. The van der Waals surface area contributed by atoms with E-state index < -0.39 is 55.0 Å². The summed E-state index contributed by atoms with van der Waals surface area (Å²) in [6.45, 7) is 10.2. The lowest BCUT2D eigenvalue weighted by Crippen LogP contribution is -2.34. The van der Waals surface area contributed by atoms with Crippen molar-refractivity contribution >= 4 is 52.5 Å². The molecule has 84 heavy (non-hydrogen) atoms. The van der Waals surface area contributed by atoms with Crippen LogP contribution in [0.2, 0.25) is 0 Å². The number of nitrogens with zero attached hydrogens (tertiary/aromatic N) is 3. The molecule has 0 aromatic heterocycles. The van der Waals surface area contributed by atoms with Gasteiger partial charge in [0.15, 0.2) is 19.8 Å². The highest BCUT2D eigenvalue weighted by atomic mass is 19.1. The highest BCUT2D eigenvalue weighted by molar-refractivity contribution is 6.06. The topological polar surface area (TPSA) is 204 Å². The molecule has 7 rings (SSSR count). The van der Waals surface area contributed by atoms with E-state index in [1.54, 1.807) is 14.7 Å². The van der Waals surface area contributed by atoms with Crippen LogP contribution < -0.4 is 30.2 Å². The number of ether oxygens (including phenoxy) is 6. The van der Waals surface area contributed by atoms with Gasteiger partial charge >= 0.3 is 0 Å². The van der Waals surface area contributed by atoms with E-state index in [2.05, 4.69) is 16.0 Å². The highest BCUT2D eigenvalue weighted by Crippen LogP contribution is 2.35. The predicted molar refractivity (Wildman–Crippen MR) is 308 cm³/mol. The van der Waals surface area contributed by atoms with E-state index in [0.717, 1.165) is 0 Å². The molecule has 0 saturated heterocycles. The Morgan fingerprint density at radius 3 is 0.762 bits per heavy atom. The molecule has 6 aromatic rings. The van der Waals surface area contributed by atoms with Gasteiger partial charge < -0.3 is 59.1 Å². The number of fused-ring (bicyclic) bond motifs is 6. The normalized spacial score (nSPS) is 12.4. The lowest BCUT2D eigenvalue weighted by atomic mass is 10.0. The zero-order chi connectivity index (χ0) is 60.3. The standard InChI is InChI=1S/C63H69F3N6O12/c1-7-70(8-2)55(73)37-82-58-43-25-40(61(76)67-52-19-13-49(64)14-20-52)26-44(58)32-80-34-46-28-42(63(78)69-54-23-17-51(66)18-24-54)30-48(60(46)84-39-57(75)72(11-5)12-6)36-81-35-47-29-41(62(77)68-53-21-15-50(65)16-22-53)27-45(33-79-31-43)59(47)83-38-56(74)71(9-3)10-4/h13-30H,7-12,31-39H2,1-6H3,(H,67,76)(H,68,77)(H,69,78). The maximum absolute atomic E-state index is 14.3. The number of hydrogen-bond acceptors (Lipinski definition) is 12. The Bertz CT molecular complexity index is 2860. The van der Waals surface area contributed by atoms with E-state index in [0.29, 0.717) is 39.3 Å². The number of benzene rings is 6. The number of anilines is 3. The van der Waals surface area contributed by atoms with Gasteiger partial charge in [-0.3, -0.25) is 28.8 Å². The molecule has 18 nitrogen and oxygen atoms in total. The fourth-order valence-corrected chi connectivity index (χ4v) is 9.28. The minimum atomic E-state index is -0.617. The molecule has 0 fully saturated rings. The monoisotopic (exact) mass is 1160 g/mol. The number of halogens is 3. The molecule has 6 aromatic carbocycles. The number of amides is 6. The van der Waals surface area contributed by atoms with Crippen LogP contribution in [0, 0.1) is 17.5 Å². The molecular weight excluding hydrogens is 1090 g/mol. The van der Waals surface area contributed by atoms with E-state index in [1.807, 2.05) is 41.5 Å². The molecule has 0 unspecified atom stereocenters. The number of carbonyl (C=O) groups is 6. The van der Waals surface area contributed by atoms with Crippen LogP contribution >= 0.6 is 0 Å². The molecule has 0 atom stereocenters. The van der Waals surface area contributed by atoms with Crippen molar-refractivity contribution in [3.05, 3.63) is 177 Å². The van der Waals surface area contributed by atoms with Crippen molar-refractivity contribution in [2.75, 3.05) is 75.0 Å². The van der Waals surface area contributed by atoms with Crippen molar-refractivity contribution in [3.8, 4) is 17.2 Å². The van der Waals surface area contributed by atoms with Gasteiger partial charge in [-0.2, -0.15) is 0 Å². The smallest absolute Gasteiger partial charge is 0.260 e. The van der Waals surface area contributed by atoms with Gasteiger partial charge in [0.05, 0.1) is 39.6 Å². The van der Waals surface area contributed by atoms with Crippen molar-refractivity contribution in [3.63, 3.8) is 0 Å². The first-order valence-electron chi connectivity index (χ1n) is 27.7. The van der Waals surface area contributed by atoms with Crippen LogP contribution in [0.5, 0.6) is 17.2 Å². The second kappa shape index (κ2) is 30.5. The third kappa shape index (κ3) is 16.9. The van der Waals surface area contributed by atoms with Crippen LogP contribution in [0.15, 0.2) is 109 Å². The van der Waals surface area contributed by atoms with Crippen LogP contribution in [0.25, 0.3) is 0 Å². The van der Waals surface area contributed by atoms with E-state index in [9.17, 15) is 41.9 Å². The minimum Gasteiger partial charge on any atom is -0.483 e. The second-order valence-electron chi connectivity index (χ2n) is 19.3. The summed E-state index contributed by atoms with van der Waals surface area (Å²) in [5.74, 6) is -4.09. The zero-order valence-electron chi connectivity index (χ0n) is 47.9. The number of carbonyl (C=O) groups excluding carboxylic acids is 6. The first-order chi connectivity index (χ1) is 40.5. The summed E-state index contributed by atoms with van der Waals surface area (Å²) in [6, 6.07) is 24.6. The van der Waals surface area contributed by atoms with Gasteiger partial charge in [0.1, 0.15) is 34.7 Å². The maximum atomic E-state index is 14.3. The van der Waals surface area contributed by atoms with Crippen molar-refractivity contribution < 1.29 is 70.4 Å². The van der Waals surface area contributed by atoms with Crippen molar-refractivity contribution in [2.45, 2.75) is 81.2 Å². The third-order valence-corrected chi connectivity index (χ3v) is 13.7. The number of hydrogen-bond donors (Lipinski definition) is 3. The quantitative estimate of drug-likeness (QED) is 0.0616. The fourth-order valence-electron chi connectivity index (χ4n) is 9.28. The number of nitrogens with one attached hydrogen (secondary N) is 3. The Morgan fingerprint density at radius 2 is 0.571 bits per heavy atom. The summed E-state index contributed by atoms with van der Waals surface area (Å²) in [6.07, 6.45) is 0. The second-order valence-corrected chi connectivity index (χ2v) is 19.3. The van der Waals surface area contributed by atoms with Crippen LogP contribution in [0.4, 0.5) is 30.2 Å². The minimum absolute atomic E-state index is 0.0758. The first-order valence-corrected chi connectivity index (χ1v) is 27.7. The summed E-state index contributed by atoms with van der Waals surface area (Å²) in [5, 5.41) is 8.36. The molecule has 0 saturated carbocycles. The van der Waals surface area contributed by atoms with Crippen LogP contribution in [-0.2, 0) is 68.2 Å². The largest absolute Gasteiger partial charge is 0.483 e. The average molecular weight is 1160 g/mol. The van der Waals surface area contributed by atoms with E-state index in [4.69, 9.17) is 28.4 Å². The van der Waals surface area contributed by atoms with Gasteiger partial charge in [-0.25, -0.2) is 13.2 Å². The summed E-state index contributed by atoms with van der Waals surface area (Å²) in [5.41, 5.74) is 2.67. The lowest BCUT2D eigenvalue weighted by Gasteiger charge is -2.24. The molecule has 0 spiro atoms. The van der Waals surface area contributed by atoms with Crippen molar-refractivity contribution in [2.24, 2.45) is 0 Å². The molecule has 444 valence electrons.